The van der Waals surface area contributed by atoms with Crippen LogP contribution in [0.5, 0.6) is 0 Å². The fourth-order valence-corrected chi connectivity index (χ4v) is 1.47. The van der Waals surface area contributed by atoms with E-state index >= 15 is 0 Å². The molecule has 1 heterocycles. The number of carbonyl (C=O) groups is 1. The molecule has 0 spiro atoms. The van der Waals surface area contributed by atoms with Gasteiger partial charge in [-0.05, 0) is 26.3 Å². The topological polar surface area (TPSA) is 86.3 Å². The summed E-state index contributed by atoms with van der Waals surface area (Å²) < 4.78 is 6.61. The van der Waals surface area contributed by atoms with E-state index in [0.717, 1.165) is 5.56 Å². The third-order valence-electron chi connectivity index (χ3n) is 2.30. The Kier molecular flexibility index (Phi) is 5.11. The van der Waals surface area contributed by atoms with Crippen molar-refractivity contribution in [1.29, 1.82) is 0 Å². The average molecular weight is 267 g/mol. The van der Waals surface area contributed by atoms with Crippen molar-refractivity contribution in [2.24, 2.45) is 5.73 Å². The summed E-state index contributed by atoms with van der Waals surface area (Å²) in [5.41, 5.74) is 5.73. The molecule has 0 unspecified atom stereocenters. The molecule has 1 aromatic rings. The van der Waals surface area contributed by atoms with Crippen molar-refractivity contribution in [1.82, 2.24) is 9.88 Å². The van der Waals surface area contributed by atoms with Gasteiger partial charge in [-0.3, -0.25) is 4.79 Å². The van der Waals surface area contributed by atoms with Gasteiger partial charge >= 0.3 is 6.09 Å². The first kappa shape index (κ1) is 15.2. The Morgan fingerprint density at radius 1 is 1.42 bits per heavy atom. The van der Waals surface area contributed by atoms with Gasteiger partial charge in [0.25, 0.3) is 5.56 Å². The number of hydrogen-bond donors (Lipinski definition) is 2. The molecule has 0 atom stereocenters. The number of nitrogens with two attached hydrogens (primary N) is 1. The van der Waals surface area contributed by atoms with Crippen LogP contribution in [0.15, 0.2) is 23.1 Å². The van der Waals surface area contributed by atoms with Crippen molar-refractivity contribution >= 4 is 6.09 Å². The number of amides is 1. The number of pyridine rings is 1. The molecule has 0 fully saturated rings. The molecular weight excluding hydrogens is 246 g/mol. The zero-order valence-electron chi connectivity index (χ0n) is 11.6. The third kappa shape index (κ3) is 5.56. The first-order chi connectivity index (χ1) is 8.81. The first-order valence-electron chi connectivity index (χ1n) is 6.18. The van der Waals surface area contributed by atoms with Crippen molar-refractivity contribution in [3.05, 3.63) is 34.2 Å². The lowest BCUT2D eigenvalue weighted by atomic mass is 10.2. The lowest BCUT2D eigenvalue weighted by Crippen LogP contribution is -2.35. The van der Waals surface area contributed by atoms with Gasteiger partial charge in [-0.2, -0.15) is 0 Å². The third-order valence-corrected chi connectivity index (χ3v) is 2.30. The fraction of sp³-hybridized carbons (Fsp3) is 0.538. The summed E-state index contributed by atoms with van der Waals surface area (Å²) >= 11 is 0. The summed E-state index contributed by atoms with van der Waals surface area (Å²) in [7, 11) is 0. The molecule has 0 aliphatic carbocycles. The Morgan fingerprint density at radius 2 is 2.11 bits per heavy atom. The minimum absolute atomic E-state index is 0.122. The van der Waals surface area contributed by atoms with Crippen LogP contribution < -0.4 is 16.6 Å². The van der Waals surface area contributed by atoms with Crippen LogP contribution in [-0.4, -0.2) is 22.8 Å². The Hall–Kier alpha value is -1.82. The number of carbonyl (C=O) groups excluding carboxylic acids is 1. The van der Waals surface area contributed by atoms with E-state index in [2.05, 4.69) is 5.32 Å². The molecule has 106 valence electrons. The molecule has 0 aliphatic heterocycles. The second-order valence-corrected chi connectivity index (χ2v) is 5.20. The van der Waals surface area contributed by atoms with Crippen molar-refractivity contribution in [3.8, 4) is 0 Å². The SMILES string of the molecule is CC(C)(C)OC(=O)NCCn1cc(CN)ccc1=O. The van der Waals surface area contributed by atoms with E-state index in [4.69, 9.17) is 10.5 Å². The summed E-state index contributed by atoms with van der Waals surface area (Å²) in [6.45, 7) is 6.46. The number of aromatic nitrogens is 1. The Morgan fingerprint density at radius 3 is 2.68 bits per heavy atom. The molecule has 3 N–H and O–H groups in total. The summed E-state index contributed by atoms with van der Waals surface area (Å²) in [4.78, 5) is 23.0. The quantitative estimate of drug-likeness (QED) is 0.846. The lowest BCUT2D eigenvalue weighted by Gasteiger charge is -2.19. The zero-order valence-corrected chi connectivity index (χ0v) is 11.6. The van der Waals surface area contributed by atoms with E-state index in [1.54, 1.807) is 33.0 Å². The first-order valence-corrected chi connectivity index (χ1v) is 6.18. The highest BCUT2D eigenvalue weighted by Crippen LogP contribution is 2.06. The highest BCUT2D eigenvalue weighted by Gasteiger charge is 2.15. The molecule has 1 amide bonds. The van der Waals surface area contributed by atoms with Gasteiger partial charge in [-0.25, -0.2) is 4.79 Å². The number of rotatable bonds is 4. The van der Waals surface area contributed by atoms with E-state index in [1.165, 1.54) is 10.6 Å². The van der Waals surface area contributed by atoms with Crippen LogP contribution in [0.3, 0.4) is 0 Å². The summed E-state index contributed by atoms with van der Waals surface area (Å²) in [6, 6.07) is 3.16. The average Bonchev–Trinajstić information content (AvgIpc) is 2.29. The van der Waals surface area contributed by atoms with E-state index in [9.17, 15) is 9.59 Å². The Bertz CT molecular complexity index is 489. The number of ether oxygens (including phenoxy) is 1. The van der Waals surface area contributed by atoms with Crippen LogP contribution in [0.4, 0.5) is 4.79 Å². The van der Waals surface area contributed by atoms with Gasteiger partial charge in [0.15, 0.2) is 0 Å². The van der Waals surface area contributed by atoms with Gasteiger partial charge in [0.05, 0.1) is 0 Å². The highest BCUT2D eigenvalue weighted by molar-refractivity contribution is 5.67. The van der Waals surface area contributed by atoms with Crippen LogP contribution >= 0.6 is 0 Å². The van der Waals surface area contributed by atoms with E-state index < -0.39 is 11.7 Å². The van der Waals surface area contributed by atoms with Crippen LogP contribution in [0.2, 0.25) is 0 Å². The molecule has 19 heavy (non-hydrogen) atoms. The Labute approximate surface area is 112 Å². The maximum absolute atomic E-state index is 11.6. The number of alkyl carbamates (subject to hydrolysis) is 1. The highest BCUT2D eigenvalue weighted by atomic mass is 16.6. The molecular formula is C13H21N3O3. The van der Waals surface area contributed by atoms with Crippen LogP contribution in [-0.2, 0) is 17.8 Å². The smallest absolute Gasteiger partial charge is 0.407 e. The molecule has 6 nitrogen and oxygen atoms in total. The molecule has 0 aromatic carbocycles. The monoisotopic (exact) mass is 267 g/mol. The summed E-state index contributed by atoms with van der Waals surface area (Å²) in [5, 5.41) is 2.60. The number of hydrogen-bond acceptors (Lipinski definition) is 4. The molecule has 6 heteroatoms. The standard InChI is InChI=1S/C13H21N3O3/c1-13(2,3)19-12(18)15-6-7-16-9-10(8-14)4-5-11(16)17/h4-5,9H,6-8,14H2,1-3H3,(H,15,18). The molecule has 0 saturated heterocycles. The second-order valence-electron chi connectivity index (χ2n) is 5.20. The van der Waals surface area contributed by atoms with Crippen molar-refractivity contribution in [2.45, 2.75) is 39.5 Å². The van der Waals surface area contributed by atoms with Gasteiger partial charge in [-0.1, -0.05) is 6.07 Å². The van der Waals surface area contributed by atoms with E-state index in [1.807, 2.05) is 0 Å². The van der Waals surface area contributed by atoms with Gasteiger partial charge in [0, 0.05) is 31.9 Å². The van der Waals surface area contributed by atoms with Crippen LogP contribution in [0, 0.1) is 0 Å². The Balaban J connectivity index is 2.49. The largest absolute Gasteiger partial charge is 0.444 e. The molecule has 0 aliphatic rings. The van der Waals surface area contributed by atoms with Gasteiger partial charge in [0.2, 0.25) is 0 Å². The second kappa shape index (κ2) is 6.38. The van der Waals surface area contributed by atoms with Gasteiger partial charge < -0.3 is 20.4 Å². The van der Waals surface area contributed by atoms with Crippen molar-refractivity contribution in [3.63, 3.8) is 0 Å². The normalized spacial score (nSPS) is 11.2. The van der Waals surface area contributed by atoms with E-state index in [-0.39, 0.29) is 5.56 Å². The fourth-order valence-electron chi connectivity index (χ4n) is 1.47. The van der Waals surface area contributed by atoms with Crippen LogP contribution in [0.1, 0.15) is 26.3 Å². The van der Waals surface area contributed by atoms with Crippen molar-refractivity contribution in [2.75, 3.05) is 6.54 Å². The minimum atomic E-state index is -0.527. The number of nitrogens with one attached hydrogen (secondary N) is 1. The maximum Gasteiger partial charge on any atom is 0.407 e. The van der Waals surface area contributed by atoms with Gasteiger partial charge in [0.1, 0.15) is 5.60 Å². The predicted molar refractivity (Wildman–Crippen MR) is 72.8 cm³/mol. The molecule has 0 saturated carbocycles. The number of nitrogens with zero attached hydrogens (tertiary/aromatic N) is 1. The zero-order chi connectivity index (χ0) is 14.5. The minimum Gasteiger partial charge on any atom is -0.444 e. The maximum atomic E-state index is 11.6. The summed E-state index contributed by atoms with van der Waals surface area (Å²) in [6.07, 6.45) is 1.20. The molecule has 0 radical (unpaired) electrons. The summed E-state index contributed by atoms with van der Waals surface area (Å²) in [5.74, 6) is 0. The molecule has 1 rings (SSSR count). The van der Waals surface area contributed by atoms with E-state index in [0.29, 0.717) is 19.6 Å². The van der Waals surface area contributed by atoms with Crippen molar-refractivity contribution < 1.29 is 9.53 Å². The predicted octanol–water partition coefficient (Wildman–Crippen LogP) is 0.832. The van der Waals surface area contributed by atoms with Crippen LogP contribution in [0.25, 0.3) is 0 Å². The molecule has 0 bridgehead atoms. The van der Waals surface area contributed by atoms with Gasteiger partial charge in [-0.15, -0.1) is 0 Å². The lowest BCUT2D eigenvalue weighted by molar-refractivity contribution is 0.0526. The molecule has 1 aromatic heterocycles.